The van der Waals surface area contributed by atoms with E-state index in [0.717, 1.165) is 35.9 Å². The van der Waals surface area contributed by atoms with Crippen LogP contribution in [0.5, 0.6) is 0 Å². The summed E-state index contributed by atoms with van der Waals surface area (Å²) in [4.78, 5) is 14.4. The van der Waals surface area contributed by atoms with Gasteiger partial charge in [-0.2, -0.15) is 0 Å². The molecule has 29 heavy (non-hydrogen) atoms. The molecule has 0 radical (unpaired) electrons. The summed E-state index contributed by atoms with van der Waals surface area (Å²) in [5.41, 5.74) is 8.67. The third-order valence-corrected chi connectivity index (χ3v) is 5.97. The van der Waals surface area contributed by atoms with E-state index in [2.05, 4.69) is 21.2 Å². The van der Waals surface area contributed by atoms with Crippen LogP contribution in [-0.4, -0.2) is 47.0 Å². The summed E-state index contributed by atoms with van der Waals surface area (Å²) in [7, 11) is 0. The molecular weight excluding hydrogens is 386 g/mol. The van der Waals surface area contributed by atoms with Crippen LogP contribution in [0.25, 0.3) is 5.69 Å². The van der Waals surface area contributed by atoms with Crippen LogP contribution in [0.1, 0.15) is 16.4 Å². The molecule has 4 rings (SSSR count). The third-order valence-electron chi connectivity index (χ3n) is 4.75. The molecule has 0 bridgehead atoms. The van der Waals surface area contributed by atoms with E-state index in [1.807, 2.05) is 60.0 Å². The maximum atomic E-state index is 12.2. The maximum absolute atomic E-state index is 12.2. The van der Waals surface area contributed by atoms with Gasteiger partial charge in [-0.3, -0.25) is 9.36 Å². The van der Waals surface area contributed by atoms with Crippen LogP contribution in [-0.2, 0) is 9.53 Å². The van der Waals surface area contributed by atoms with Crippen molar-refractivity contribution in [2.75, 3.05) is 31.2 Å². The number of aromatic nitrogens is 3. The first-order chi connectivity index (χ1) is 14.1. The molecule has 150 valence electrons. The zero-order valence-electron chi connectivity index (χ0n) is 16.2. The van der Waals surface area contributed by atoms with Gasteiger partial charge in [0.05, 0.1) is 18.9 Å². The van der Waals surface area contributed by atoms with Crippen molar-refractivity contribution < 1.29 is 9.53 Å². The van der Waals surface area contributed by atoms with Gasteiger partial charge in [0.15, 0.2) is 5.16 Å². The number of thioether (sulfide) groups is 1. The predicted molar refractivity (Wildman–Crippen MR) is 113 cm³/mol. The fourth-order valence-electron chi connectivity index (χ4n) is 3.32. The van der Waals surface area contributed by atoms with Crippen molar-refractivity contribution in [3.05, 3.63) is 65.7 Å². The van der Waals surface area contributed by atoms with Crippen molar-refractivity contribution in [1.82, 2.24) is 14.8 Å². The van der Waals surface area contributed by atoms with Gasteiger partial charge in [-0.1, -0.05) is 54.2 Å². The fourth-order valence-corrected chi connectivity index (χ4v) is 4.32. The van der Waals surface area contributed by atoms with E-state index in [-0.39, 0.29) is 0 Å². The molecule has 0 spiro atoms. The monoisotopic (exact) mass is 409 g/mol. The second-order valence-corrected chi connectivity index (χ2v) is 7.94. The van der Waals surface area contributed by atoms with Crippen LogP contribution in [0.2, 0.25) is 0 Å². The lowest BCUT2D eigenvalue weighted by atomic mass is 10.1. The van der Waals surface area contributed by atoms with Crippen molar-refractivity contribution in [1.29, 1.82) is 0 Å². The number of aryl methyl sites for hydroxylation is 1. The van der Waals surface area contributed by atoms with Gasteiger partial charge < -0.3 is 15.4 Å². The van der Waals surface area contributed by atoms with Crippen LogP contribution in [0.4, 0.5) is 5.95 Å². The SMILES string of the molecule is Cc1cccc(-n2c(SC(C(N)=O)c3ccccc3)nnc2N2CCOCC2)c1. The van der Waals surface area contributed by atoms with Gasteiger partial charge in [-0.15, -0.1) is 10.2 Å². The molecule has 1 amide bonds. The zero-order chi connectivity index (χ0) is 20.2. The van der Waals surface area contributed by atoms with Crippen LogP contribution in [0, 0.1) is 6.92 Å². The standard InChI is InChI=1S/C21H23N5O2S/c1-15-6-5-9-17(14-15)26-20(25-10-12-28-13-11-25)23-24-21(26)29-18(19(22)27)16-7-3-2-4-8-16/h2-9,14,18H,10-13H2,1H3,(H2,22,27). The largest absolute Gasteiger partial charge is 0.378 e. The highest BCUT2D eigenvalue weighted by molar-refractivity contribution is 8.00. The number of nitrogens with two attached hydrogens (primary N) is 1. The van der Waals surface area contributed by atoms with Crippen molar-refractivity contribution in [2.45, 2.75) is 17.3 Å². The normalized spacial score (nSPS) is 15.3. The second-order valence-electron chi connectivity index (χ2n) is 6.87. The van der Waals surface area contributed by atoms with E-state index in [4.69, 9.17) is 10.5 Å². The Bertz CT molecular complexity index is 986. The van der Waals surface area contributed by atoms with E-state index in [0.29, 0.717) is 18.4 Å². The molecule has 1 atom stereocenters. The molecular formula is C21H23N5O2S. The topological polar surface area (TPSA) is 86.3 Å². The summed E-state index contributed by atoms with van der Waals surface area (Å²) in [5.74, 6) is 0.339. The van der Waals surface area contributed by atoms with E-state index in [1.54, 1.807) is 0 Å². The van der Waals surface area contributed by atoms with Gasteiger partial charge in [-0.25, -0.2) is 0 Å². The number of carbonyl (C=O) groups excluding carboxylic acids is 1. The number of ether oxygens (including phenoxy) is 1. The molecule has 1 aliphatic rings. The average Bonchev–Trinajstić information content (AvgIpc) is 3.17. The number of amides is 1. The Morgan fingerprint density at radius 2 is 1.86 bits per heavy atom. The number of carbonyl (C=O) groups is 1. The summed E-state index contributed by atoms with van der Waals surface area (Å²) < 4.78 is 7.48. The number of morpholine rings is 1. The number of anilines is 1. The van der Waals surface area contributed by atoms with Crippen LogP contribution in [0.15, 0.2) is 59.8 Å². The molecule has 0 aliphatic carbocycles. The fraction of sp³-hybridized carbons (Fsp3) is 0.286. The molecule has 3 aromatic rings. The molecule has 0 saturated carbocycles. The minimum absolute atomic E-state index is 0.409. The molecule has 1 aliphatic heterocycles. The molecule has 8 heteroatoms. The summed E-state index contributed by atoms with van der Waals surface area (Å²) in [5, 5.41) is 8.97. The molecule has 2 N–H and O–H groups in total. The molecule has 1 saturated heterocycles. The smallest absolute Gasteiger partial charge is 0.235 e. The third kappa shape index (κ3) is 4.28. The first-order valence-electron chi connectivity index (χ1n) is 9.49. The molecule has 1 unspecified atom stereocenters. The molecule has 2 heterocycles. The lowest BCUT2D eigenvalue weighted by Gasteiger charge is -2.28. The van der Waals surface area contributed by atoms with Gasteiger partial charge in [-0.05, 0) is 30.2 Å². The van der Waals surface area contributed by atoms with Crippen molar-refractivity contribution in [3.63, 3.8) is 0 Å². The lowest BCUT2D eigenvalue weighted by molar-refractivity contribution is -0.117. The number of primary amides is 1. The number of nitrogens with zero attached hydrogens (tertiary/aromatic N) is 4. The van der Waals surface area contributed by atoms with Crippen molar-refractivity contribution in [3.8, 4) is 5.69 Å². The summed E-state index contributed by atoms with van der Waals surface area (Å²) in [6, 6.07) is 17.7. The highest BCUT2D eigenvalue weighted by Gasteiger charge is 2.26. The van der Waals surface area contributed by atoms with E-state index in [1.165, 1.54) is 11.8 Å². The Balaban J connectivity index is 1.76. The Kier molecular flexibility index (Phi) is 5.82. The van der Waals surface area contributed by atoms with Gasteiger partial charge >= 0.3 is 0 Å². The molecule has 1 fully saturated rings. The number of hydrogen-bond acceptors (Lipinski definition) is 6. The Hall–Kier alpha value is -2.84. The summed E-state index contributed by atoms with van der Waals surface area (Å²) in [6.45, 7) is 4.83. The second kappa shape index (κ2) is 8.67. The summed E-state index contributed by atoms with van der Waals surface area (Å²) >= 11 is 1.32. The van der Waals surface area contributed by atoms with E-state index < -0.39 is 11.2 Å². The Morgan fingerprint density at radius 1 is 1.10 bits per heavy atom. The van der Waals surface area contributed by atoms with Gasteiger partial charge in [0.25, 0.3) is 0 Å². The Labute approximate surface area is 173 Å². The number of benzene rings is 2. The zero-order valence-corrected chi connectivity index (χ0v) is 17.0. The van der Waals surface area contributed by atoms with Crippen LogP contribution in [0.3, 0.4) is 0 Å². The number of hydrogen-bond donors (Lipinski definition) is 1. The molecule has 2 aromatic carbocycles. The van der Waals surface area contributed by atoms with E-state index >= 15 is 0 Å². The van der Waals surface area contributed by atoms with Gasteiger partial charge in [0.2, 0.25) is 11.9 Å². The predicted octanol–water partition coefficient (Wildman–Crippen LogP) is 2.73. The highest BCUT2D eigenvalue weighted by Crippen LogP contribution is 2.37. The van der Waals surface area contributed by atoms with Gasteiger partial charge in [0.1, 0.15) is 5.25 Å². The summed E-state index contributed by atoms with van der Waals surface area (Å²) in [6.07, 6.45) is 0. The first-order valence-corrected chi connectivity index (χ1v) is 10.4. The van der Waals surface area contributed by atoms with Crippen LogP contribution < -0.4 is 10.6 Å². The van der Waals surface area contributed by atoms with Gasteiger partial charge in [0, 0.05) is 13.1 Å². The minimum atomic E-state index is -0.554. The maximum Gasteiger partial charge on any atom is 0.235 e. The van der Waals surface area contributed by atoms with E-state index in [9.17, 15) is 4.79 Å². The van der Waals surface area contributed by atoms with Crippen molar-refractivity contribution in [2.24, 2.45) is 5.73 Å². The minimum Gasteiger partial charge on any atom is -0.378 e. The lowest BCUT2D eigenvalue weighted by Crippen LogP contribution is -2.37. The Morgan fingerprint density at radius 3 is 2.55 bits per heavy atom. The highest BCUT2D eigenvalue weighted by atomic mass is 32.2. The molecule has 7 nitrogen and oxygen atoms in total. The van der Waals surface area contributed by atoms with Crippen molar-refractivity contribution >= 4 is 23.6 Å². The van der Waals surface area contributed by atoms with Crippen LogP contribution >= 0.6 is 11.8 Å². The quantitative estimate of drug-likeness (QED) is 0.630. The average molecular weight is 410 g/mol. The first kappa shape index (κ1) is 19.5. The molecule has 1 aromatic heterocycles. The number of rotatable bonds is 6.